The molecule has 1 aromatic carbocycles. The highest BCUT2D eigenvalue weighted by Crippen LogP contribution is 2.38. The van der Waals surface area contributed by atoms with Gasteiger partial charge in [-0.05, 0) is 47.8 Å². The summed E-state index contributed by atoms with van der Waals surface area (Å²) >= 11 is 6.53. The van der Waals surface area contributed by atoms with Crippen LogP contribution in [0.15, 0.2) is 41.2 Å². The second-order valence-electron chi connectivity index (χ2n) is 6.85. The van der Waals surface area contributed by atoms with Gasteiger partial charge in [-0.2, -0.15) is 0 Å². The Morgan fingerprint density at radius 2 is 2.00 bits per heavy atom. The lowest BCUT2D eigenvalue weighted by molar-refractivity contribution is 0.580. The fourth-order valence-corrected chi connectivity index (χ4v) is 3.80. The number of hydrogen-bond donors (Lipinski definition) is 1. The summed E-state index contributed by atoms with van der Waals surface area (Å²) in [6.07, 6.45) is 3.07. The second-order valence-corrected chi connectivity index (χ2v) is 7.25. The van der Waals surface area contributed by atoms with Crippen molar-refractivity contribution in [3.05, 3.63) is 52.0 Å². The van der Waals surface area contributed by atoms with Crippen molar-refractivity contribution in [2.24, 2.45) is 0 Å². The van der Waals surface area contributed by atoms with Crippen LogP contribution in [0.4, 0.5) is 10.1 Å². The summed E-state index contributed by atoms with van der Waals surface area (Å²) in [5, 5.41) is 1.90. The van der Waals surface area contributed by atoms with Crippen LogP contribution in [-0.2, 0) is 0 Å². The number of benzene rings is 1. The maximum Gasteiger partial charge on any atom is 0.101 e. The molecule has 0 unspecified atom stereocenters. The Balaban J connectivity index is 1.69. The lowest BCUT2D eigenvalue weighted by atomic mass is 10.00. The Morgan fingerprint density at radius 3 is 2.78 bits per heavy atom. The largest absolute Gasteiger partial charge is 0.362 e. The molecule has 0 radical (unpaired) electrons. The van der Waals surface area contributed by atoms with Gasteiger partial charge in [-0.3, -0.25) is 0 Å². The lowest BCUT2D eigenvalue weighted by Crippen LogP contribution is -2.20. The van der Waals surface area contributed by atoms with Crippen molar-refractivity contribution in [1.29, 1.82) is 0 Å². The fraction of sp³-hybridized carbons (Fsp3) is 0.368. The van der Waals surface area contributed by atoms with Crippen LogP contribution in [0.3, 0.4) is 0 Å². The summed E-state index contributed by atoms with van der Waals surface area (Å²) in [6, 6.07) is 6.32. The molecule has 1 aliphatic carbocycles. The van der Waals surface area contributed by atoms with Crippen molar-refractivity contribution in [3.8, 4) is 0 Å². The number of aromatic nitrogens is 1. The van der Waals surface area contributed by atoms with Crippen molar-refractivity contribution in [3.63, 3.8) is 0 Å². The molecule has 4 heteroatoms. The number of aromatic amines is 1. The maximum atomic E-state index is 13.5. The van der Waals surface area contributed by atoms with E-state index in [-0.39, 0.29) is 5.83 Å². The van der Waals surface area contributed by atoms with Gasteiger partial charge >= 0.3 is 0 Å². The SMILES string of the molecule is CC(C)c1cc2cc(Cl)c(N3CC4=C(CCC(F)=C4)C3)cc2[nH]1. The molecule has 2 aliphatic rings. The number of H-pyrrole nitrogens is 1. The highest BCUT2D eigenvalue weighted by atomic mass is 35.5. The van der Waals surface area contributed by atoms with Crippen LogP contribution in [0.5, 0.6) is 0 Å². The van der Waals surface area contributed by atoms with E-state index in [0.717, 1.165) is 46.7 Å². The van der Waals surface area contributed by atoms with Crippen molar-refractivity contribution in [2.45, 2.75) is 32.6 Å². The molecule has 0 bridgehead atoms. The molecule has 1 N–H and O–H groups in total. The first kappa shape index (κ1) is 14.8. The third-order valence-electron chi connectivity index (χ3n) is 4.87. The molecule has 23 heavy (non-hydrogen) atoms. The molecular weight excluding hydrogens is 311 g/mol. The molecule has 2 aromatic rings. The van der Waals surface area contributed by atoms with Gasteiger partial charge in [0.05, 0.1) is 10.7 Å². The van der Waals surface area contributed by atoms with E-state index < -0.39 is 0 Å². The zero-order valence-corrected chi connectivity index (χ0v) is 14.2. The van der Waals surface area contributed by atoms with Crippen LogP contribution in [-0.4, -0.2) is 18.1 Å². The molecule has 0 amide bonds. The van der Waals surface area contributed by atoms with E-state index in [1.807, 2.05) is 6.07 Å². The summed E-state index contributed by atoms with van der Waals surface area (Å²) in [6.45, 7) is 5.94. The lowest BCUT2D eigenvalue weighted by Gasteiger charge is -2.20. The third-order valence-corrected chi connectivity index (χ3v) is 5.17. The predicted molar refractivity (Wildman–Crippen MR) is 95.1 cm³/mol. The van der Waals surface area contributed by atoms with Gasteiger partial charge in [0.2, 0.25) is 0 Å². The Bertz CT molecular complexity index is 844. The number of fused-ring (bicyclic) bond motifs is 1. The topological polar surface area (TPSA) is 19.0 Å². The highest BCUT2D eigenvalue weighted by molar-refractivity contribution is 6.34. The van der Waals surface area contributed by atoms with Crippen molar-refractivity contribution >= 4 is 28.2 Å². The Labute approximate surface area is 140 Å². The first-order chi connectivity index (χ1) is 11.0. The minimum absolute atomic E-state index is 0.00177. The van der Waals surface area contributed by atoms with Crippen LogP contribution in [0, 0.1) is 0 Å². The Morgan fingerprint density at radius 1 is 1.17 bits per heavy atom. The van der Waals surface area contributed by atoms with Crippen LogP contribution in [0.25, 0.3) is 10.9 Å². The van der Waals surface area contributed by atoms with E-state index in [4.69, 9.17) is 11.6 Å². The highest BCUT2D eigenvalue weighted by Gasteiger charge is 2.25. The molecule has 0 spiro atoms. The minimum atomic E-state index is -0.00177. The standard InChI is InChI=1S/C19H20ClFN2/c1-11(2)17-7-13-6-16(20)19(8-18(13)22-17)23-9-12-3-4-15(21)5-14(12)10-23/h5-8,11,22H,3-4,9-10H2,1-2H3. The predicted octanol–water partition coefficient (Wildman–Crippen LogP) is 5.71. The Kier molecular flexibility index (Phi) is 3.49. The number of halogens is 2. The fourth-order valence-electron chi connectivity index (χ4n) is 3.51. The third kappa shape index (κ3) is 2.57. The number of hydrogen-bond acceptors (Lipinski definition) is 1. The number of rotatable bonds is 2. The monoisotopic (exact) mass is 330 g/mol. The Hall–Kier alpha value is -1.74. The van der Waals surface area contributed by atoms with Crippen LogP contribution in [0.2, 0.25) is 5.02 Å². The molecule has 0 saturated heterocycles. The van der Waals surface area contributed by atoms with E-state index in [1.54, 1.807) is 6.08 Å². The number of nitrogens with zero attached hydrogens (tertiary/aromatic N) is 1. The van der Waals surface area contributed by atoms with Gasteiger partial charge in [-0.1, -0.05) is 25.4 Å². The summed E-state index contributed by atoms with van der Waals surface area (Å²) in [7, 11) is 0. The van der Waals surface area contributed by atoms with Gasteiger partial charge in [0.15, 0.2) is 0 Å². The maximum absolute atomic E-state index is 13.5. The van der Waals surface area contributed by atoms with Crippen LogP contribution < -0.4 is 4.90 Å². The van der Waals surface area contributed by atoms with Crippen molar-refractivity contribution in [1.82, 2.24) is 4.98 Å². The molecule has 0 atom stereocenters. The number of nitrogens with one attached hydrogen (secondary N) is 1. The first-order valence-corrected chi connectivity index (χ1v) is 8.53. The van der Waals surface area contributed by atoms with Crippen LogP contribution in [0.1, 0.15) is 38.3 Å². The second kappa shape index (κ2) is 5.41. The molecule has 1 aliphatic heterocycles. The first-order valence-electron chi connectivity index (χ1n) is 8.15. The van der Waals surface area contributed by atoms with Crippen LogP contribution >= 0.6 is 11.6 Å². The number of allylic oxidation sites excluding steroid dienone is 1. The van der Waals surface area contributed by atoms with E-state index >= 15 is 0 Å². The number of anilines is 1. The molecule has 4 rings (SSSR count). The molecule has 2 heterocycles. The molecular formula is C19H20ClFN2. The zero-order chi connectivity index (χ0) is 16.1. The molecule has 1 aromatic heterocycles. The molecule has 120 valence electrons. The minimum Gasteiger partial charge on any atom is -0.362 e. The van der Waals surface area contributed by atoms with Gasteiger partial charge in [0.1, 0.15) is 5.83 Å². The van der Waals surface area contributed by atoms with E-state index in [9.17, 15) is 4.39 Å². The van der Waals surface area contributed by atoms with Gasteiger partial charge < -0.3 is 9.88 Å². The average molecular weight is 331 g/mol. The summed E-state index contributed by atoms with van der Waals surface area (Å²) < 4.78 is 13.5. The smallest absolute Gasteiger partial charge is 0.101 e. The molecule has 0 fully saturated rings. The van der Waals surface area contributed by atoms with Crippen molar-refractivity contribution in [2.75, 3.05) is 18.0 Å². The van der Waals surface area contributed by atoms with Gasteiger partial charge in [-0.25, -0.2) is 4.39 Å². The van der Waals surface area contributed by atoms with Crippen molar-refractivity contribution < 1.29 is 4.39 Å². The summed E-state index contributed by atoms with van der Waals surface area (Å²) in [5.74, 6) is 0.455. The zero-order valence-electron chi connectivity index (χ0n) is 13.4. The molecule has 2 nitrogen and oxygen atoms in total. The summed E-state index contributed by atoms with van der Waals surface area (Å²) in [4.78, 5) is 5.73. The normalized spacial score (nSPS) is 18.1. The quantitative estimate of drug-likeness (QED) is 0.747. The summed E-state index contributed by atoms with van der Waals surface area (Å²) in [5.41, 5.74) is 5.83. The van der Waals surface area contributed by atoms with E-state index in [1.165, 1.54) is 11.3 Å². The van der Waals surface area contributed by atoms with Gasteiger partial charge in [0.25, 0.3) is 0 Å². The average Bonchev–Trinajstić information content (AvgIpc) is 3.08. The van der Waals surface area contributed by atoms with Gasteiger partial charge in [-0.15, -0.1) is 0 Å². The van der Waals surface area contributed by atoms with E-state index in [2.05, 4.69) is 35.9 Å². The van der Waals surface area contributed by atoms with Gasteiger partial charge in [0, 0.05) is 36.1 Å². The molecule has 0 saturated carbocycles. The van der Waals surface area contributed by atoms with E-state index in [0.29, 0.717) is 12.3 Å².